The van der Waals surface area contributed by atoms with Gasteiger partial charge >= 0.3 is 6.09 Å². The highest BCUT2D eigenvalue weighted by atomic mass is 32.2. The van der Waals surface area contributed by atoms with Crippen LogP contribution in [0, 0.1) is 0 Å². The predicted molar refractivity (Wildman–Crippen MR) is 126 cm³/mol. The summed E-state index contributed by atoms with van der Waals surface area (Å²) >= 11 is 0. The molecule has 0 atom stereocenters. The highest BCUT2D eigenvalue weighted by molar-refractivity contribution is 7.90. The van der Waals surface area contributed by atoms with Crippen LogP contribution in [0.15, 0.2) is 35.9 Å². The fraction of sp³-hybridized carbons (Fsp3) is 0.500. The van der Waals surface area contributed by atoms with E-state index in [-0.39, 0.29) is 23.3 Å². The summed E-state index contributed by atoms with van der Waals surface area (Å²) in [6, 6.07) is 4.06. The van der Waals surface area contributed by atoms with Gasteiger partial charge in [-0.25, -0.2) is 32.7 Å². The van der Waals surface area contributed by atoms with Gasteiger partial charge in [-0.3, -0.25) is 0 Å². The van der Waals surface area contributed by atoms with Crippen LogP contribution in [0.1, 0.15) is 46.5 Å². The van der Waals surface area contributed by atoms with Crippen LogP contribution in [0.5, 0.6) is 0 Å². The number of imidazole rings is 1. The van der Waals surface area contributed by atoms with Crippen LogP contribution in [0.2, 0.25) is 0 Å². The van der Waals surface area contributed by atoms with Crippen molar-refractivity contribution in [2.45, 2.75) is 69.3 Å². The van der Waals surface area contributed by atoms with Crippen LogP contribution in [-0.4, -0.2) is 63.0 Å². The van der Waals surface area contributed by atoms with Crippen LogP contribution in [0.3, 0.4) is 0 Å². The number of carbonyl (C=O) groups is 1. The largest absolute Gasteiger partial charge is 0.444 e. The molecule has 0 radical (unpaired) electrons. The topological polar surface area (TPSA) is 140 Å². The van der Waals surface area contributed by atoms with Gasteiger partial charge in [0.2, 0.25) is 15.0 Å². The van der Waals surface area contributed by atoms with Crippen LogP contribution < -0.4 is 10.6 Å². The number of ether oxygens (including phenoxy) is 1. The zero-order chi connectivity index (χ0) is 24.5. The van der Waals surface area contributed by atoms with Crippen LogP contribution in [-0.2, 0) is 14.6 Å². The normalized spacial score (nSPS) is 19.1. The van der Waals surface area contributed by atoms with Crippen molar-refractivity contribution in [2.75, 3.05) is 11.6 Å². The minimum absolute atomic E-state index is 0.0958. The van der Waals surface area contributed by atoms with Crippen molar-refractivity contribution in [3.63, 3.8) is 0 Å². The van der Waals surface area contributed by atoms with E-state index in [1.54, 1.807) is 10.7 Å². The SMILES string of the molecule is CC(C)(C)OC(=O)NC1CCC(Nc2ccc3ncc(-c4cnc(S(C)(=O)=O)nc4)n3n2)CC1. The summed E-state index contributed by atoms with van der Waals surface area (Å²) in [7, 11) is -3.47. The molecule has 0 saturated heterocycles. The lowest BCUT2D eigenvalue weighted by atomic mass is 9.91. The second kappa shape index (κ2) is 9.16. The van der Waals surface area contributed by atoms with Crippen LogP contribution >= 0.6 is 0 Å². The molecule has 3 aromatic rings. The second-order valence-electron chi connectivity index (χ2n) is 9.50. The van der Waals surface area contributed by atoms with Crippen molar-refractivity contribution < 1.29 is 17.9 Å². The highest BCUT2D eigenvalue weighted by Crippen LogP contribution is 2.24. The van der Waals surface area contributed by atoms with Gasteiger partial charge in [0, 0.05) is 36.3 Å². The summed E-state index contributed by atoms with van der Waals surface area (Å²) in [4.78, 5) is 24.3. The number of hydrogen-bond acceptors (Lipinski definition) is 9. The first-order chi connectivity index (χ1) is 16.0. The third-order valence-electron chi connectivity index (χ3n) is 5.42. The molecule has 12 heteroatoms. The van der Waals surface area contributed by atoms with Gasteiger partial charge in [0.15, 0.2) is 5.65 Å². The first-order valence-electron chi connectivity index (χ1n) is 11.1. The van der Waals surface area contributed by atoms with Gasteiger partial charge in [-0.1, -0.05) is 0 Å². The van der Waals surface area contributed by atoms with E-state index in [9.17, 15) is 13.2 Å². The average molecular weight is 488 g/mol. The van der Waals surface area contributed by atoms with E-state index in [1.807, 2.05) is 32.9 Å². The number of amides is 1. The molecule has 2 N–H and O–H groups in total. The number of alkyl carbamates (subject to hydrolysis) is 1. The minimum Gasteiger partial charge on any atom is -0.444 e. The fourth-order valence-electron chi connectivity index (χ4n) is 3.85. The quantitative estimate of drug-likeness (QED) is 0.520. The van der Waals surface area contributed by atoms with Gasteiger partial charge in [-0.2, -0.15) is 0 Å². The van der Waals surface area contributed by atoms with E-state index in [1.165, 1.54) is 12.4 Å². The highest BCUT2D eigenvalue weighted by Gasteiger charge is 2.25. The Morgan fingerprint density at radius 2 is 1.68 bits per heavy atom. The monoisotopic (exact) mass is 487 g/mol. The number of sulfone groups is 1. The van der Waals surface area contributed by atoms with E-state index in [0.29, 0.717) is 22.7 Å². The summed E-state index contributed by atoms with van der Waals surface area (Å²) in [6.07, 6.45) is 8.71. The number of fused-ring (bicyclic) bond motifs is 1. The zero-order valence-electron chi connectivity index (χ0n) is 19.6. The zero-order valence-corrected chi connectivity index (χ0v) is 20.5. The minimum atomic E-state index is -3.47. The van der Waals surface area contributed by atoms with Gasteiger partial charge in [0.05, 0.1) is 11.9 Å². The Kier molecular flexibility index (Phi) is 6.43. The van der Waals surface area contributed by atoms with Crippen LogP contribution in [0.4, 0.5) is 10.6 Å². The molecule has 34 heavy (non-hydrogen) atoms. The molecule has 4 rings (SSSR count). The maximum Gasteiger partial charge on any atom is 0.407 e. The molecule has 1 amide bonds. The summed E-state index contributed by atoms with van der Waals surface area (Å²) < 4.78 is 30.3. The summed E-state index contributed by atoms with van der Waals surface area (Å²) in [6.45, 7) is 5.54. The molecular weight excluding hydrogens is 458 g/mol. The van der Waals surface area contributed by atoms with Crippen molar-refractivity contribution in [3.8, 4) is 11.3 Å². The van der Waals surface area contributed by atoms with E-state index < -0.39 is 15.4 Å². The predicted octanol–water partition coefficient (Wildman–Crippen LogP) is 2.84. The number of rotatable bonds is 5. The average Bonchev–Trinajstić information content (AvgIpc) is 3.16. The Labute approximate surface area is 198 Å². The first kappa shape index (κ1) is 23.9. The summed E-state index contributed by atoms with van der Waals surface area (Å²) in [5.74, 6) is 0.698. The maximum absolute atomic E-state index is 12.0. The molecule has 0 unspecified atom stereocenters. The van der Waals surface area contributed by atoms with E-state index in [2.05, 4.69) is 30.7 Å². The number of aromatic nitrogens is 5. The van der Waals surface area contributed by atoms with Crippen molar-refractivity contribution in [3.05, 3.63) is 30.7 Å². The lowest BCUT2D eigenvalue weighted by Gasteiger charge is -2.30. The third kappa shape index (κ3) is 5.79. The molecule has 3 heterocycles. The van der Waals surface area contributed by atoms with E-state index in [4.69, 9.17) is 4.74 Å². The van der Waals surface area contributed by atoms with Gasteiger partial charge < -0.3 is 15.4 Å². The summed E-state index contributed by atoms with van der Waals surface area (Å²) in [5.41, 5.74) is 1.40. The molecule has 0 bridgehead atoms. The van der Waals surface area contributed by atoms with Gasteiger partial charge in [0.1, 0.15) is 11.4 Å². The number of anilines is 1. The lowest BCUT2D eigenvalue weighted by molar-refractivity contribution is 0.0492. The second-order valence-corrected chi connectivity index (χ2v) is 11.4. The molecule has 11 nitrogen and oxygen atoms in total. The number of hydrogen-bond donors (Lipinski definition) is 2. The van der Waals surface area contributed by atoms with Gasteiger partial charge in [-0.15, -0.1) is 5.10 Å². The van der Waals surface area contributed by atoms with Gasteiger partial charge in [0.25, 0.3) is 0 Å². The fourth-order valence-corrected chi connectivity index (χ4v) is 4.34. The van der Waals surface area contributed by atoms with Crippen molar-refractivity contribution in [1.29, 1.82) is 0 Å². The molecular formula is C22H29N7O4S. The van der Waals surface area contributed by atoms with Crippen LogP contribution in [0.25, 0.3) is 16.9 Å². The number of carbonyl (C=O) groups excluding carboxylic acids is 1. The number of nitrogens with one attached hydrogen (secondary N) is 2. The van der Waals surface area contributed by atoms with Crippen molar-refractivity contribution >= 4 is 27.4 Å². The molecule has 0 aromatic carbocycles. The molecule has 1 aliphatic carbocycles. The standard InChI is InChI=1S/C22H29N7O4S/c1-22(2,3)33-21(30)27-16-7-5-15(6-8-16)26-18-9-10-19-23-13-17(29(19)28-18)14-11-24-20(25-12-14)34(4,31)32/h9-13,15-16H,5-8H2,1-4H3,(H,26,28)(H,27,30). The molecule has 0 spiro atoms. The molecule has 1 aliphatic rings. The maximum atomic E-state index is 12.0. The third-order valence-corrected chi connectivity index (χ3v) is 6.29. The summed E-state index contributed by atoms with van der Waals surface area (Å²) in [5, 5.41) is 10.9. The molecule has 1 saturated carbocycles. The Hall–Kier alpha value is -3.28. The lowest BCUT2D eigenvalue weighted by Crippen LogP contribution is -2.42. The van der Waals surface area contributed by atoms with Crippen molar-refractivity contribution in [1.82, 2.24) is 29.9 Å². The van der Waals surface area contributed by atoms with E-state index >= 15 is 0 Å². The molecule has 3 aromatic heterocycles. The molecule has 182 valence electrons. The molecule has 0 aliphatic heterocycles. The number of nitrogens with zero attached hydrogens (tertiary/aromatic N) is 5. The van der Waals surface area contributed by atoms with Gasteiger partial charge in [-0.05, 0) is 58.6 Å². The Morgan fingerprint density at radius 1 is 1.03 bits per heavy atom. The Bertz CT molecular complexity index is 1270. The smallest absolute Gasteiger partial charge is 0.407 e. The Morgan fingerprint density at radius 3 is 2.29 bits per heavy atom. The van der Waals surface area contributed by atoms with E-state index in [0.717, 1.165) is 31.9 Å². The molecule has 1 fully saturated rings. The Balaban J connectivity index is 1.41. The van der Waals surface area contributed by atoms with Crippen molar-refractivity contribution in [2.24, 2.45) is 0 Å². The first-order valence-corrected chi connectivity index (χ1v) is 13.0.